The molecule has 72 valence electrons. The van der Waals surface area contributed by atoms with Gasteiger partial charge in [-0.15, -0.1) is 0 Å². The van der Waals surface area contributed by atoms with Crippen molar-refractivity contribution in [2.24, 2.45) is 5.73 Å². The van der Waals surface area contributed by atoms with E-state index in [2.05, 4.69) is 19.2 Å². The molecule has 0 heterocycles. The zero-order valence-electron chi connectivity index (χ0n) is 8.31. The molecule has 3 heteroatoms. The highest BCUT2D eigenvalue weighted by Crippen LogP contribution is 2.20. The molecule has 0 rings (SSSR count). The molecule has 0 aliphatic rings. The Kier molecular flexibility index (Phi) is 4.90. The van der Waals surface area contributed by atoms with Gasteiger partial charge in [0.15, 0.2) is 0 Å². The minimum Gasteiger partial charge on any atom is -0.370 e. The number of nitrogens with two attached hydrogens (primary N) is 1. The predicted molar refractivity (Wildman–Crippen MR) is 50.8 cm³/mol. The monoisotopic (exact) mass is 172 g/mol. The number of carbonyl (C=O) groups excluding carboxylic acids is 1. The van der Waals surface area contributed by atoms with Crippen molar-refractivity contribution in [2.75, 3.05) is 7.05 Å². The Bertz CT molecular complexity index is 141. The minimum atomic E-state index is -0.223. The van der Waals surface area contributed by atoms with Gasteiger partial charge in [0.2, 0.25) is 5.91 Å². The highest BCUT2D eigenvalue weighted by molar-refractivity contribution is 5.75. The van der Waals surface area contributed by atoms with E-state index in [9.17, 15) is 4.79 Å². The van der Waals surface area contributed by atoms with Crippen molar-refractivity contribution in [3.8, 4) is 0 Å². The van der Waals surface area contributed by atoms with Crippen LogP contribution in [0.3, 0.4) is 0 Å². The molecule has 0 aliphatic heterocycles. The highest BCUT2D eigenvalue weighted by Gasteiger charge is 2.26. The lowest BCUT2D eigenvalue weighted by Crippen LogP contribution is -2.45. The van der Waals surface area contributed by atoms with Crippen LogP contribution < -0.4 is 11.1 Å². The van der Waals surface area contributed by atoms with Crippen LogP contribution in [0.25, 0.3) is 0 Å². The molecule has 1 unspecified atom stereocenters. The molecule has 0 fully saturated rings. The summed E-state index contributed by atoms with van der Waals surface area (Å²) in [5.74, 6) is -0.223. The van der Waals surface area contributed by atoms with Crippen molar-refractivity contribution >= 4 is 5.91 Å². The fourth-order valence-corrected chi connectivity index (χ4v) is 1.59. The molecule has 0 aromatic carbocycles. The normalized spacial score (nSPS) is 15.6. The molecule has 0 aromatic heterocycles. The molecule has 1 amide bonds. The van der Waals surface area contributed by atoms with Crippen LogP contribution in [-0.4, -0.2) is 18.5 Å². The molecule has 12 heavy (non-hydrogen) atoms. The maximum atomic E-state index is 10.8. The van der Waals surface area contributed by atoms with Crippen LogP contribution in [0.2, 0.25) is 0 Å². The van der Waals surface area contributed by atoms with Crippen molar-refractivity contribution in [1.82, 2.24) is 5.32 Å². The van der Waals surface area contributed by atoms with Crippen LogP contribution in [0.4, 0.5) is 0 Å². The first kappa shape index (κ1) is 11.4. The fourth-order valence-electron chi connectivity index (χ4n) is 1.59. The van der Waals surface area contributed by atoms with Crippen molar-refractivity contribution in [3.63, 3.8) is 0 Å². The summed E-state index contributed by atoms with van der Waals surface area (Å²) in [7, 11) is 1.89. The van der Waals surface area contributed by atoms with Crippen LogP contribution >= 0.6 is 0 Å². The molecule has 0 bridgehead atoms. The van der Waals surface area contributed by atoms with E-state index in [1.165, 1.54) is 0 Å². The van der Waals surface area contributed by atoms with Crippen LogP contribution in [0.1, 0.15) is 39.5 Å². The first-order chi connectivity index (χ1) is 5.60. The molecular weight excluding hydrogens is 152 g/mol. The summed E-state index contributed by atoms with van der Waals surface area (Å²) in [6, 6.07) is 0. The van der Waals surface area contributed by atoms with Crippen molar-refractivity contribution < 1.29 is 4.79 Å². The van der Waals surface area contributed by atoms with Crippen LogP contribution in [0.15, 0.2) is 0 Å². The number of primary amides is 1. The van der Waals surface area contributed by atoms with Gasteiger partial charge in [0, 0.05) is 12.0 Å². The van der Waals surface area contributed by atoms with Gasteiger partial charge in [-0.2, -0.15) is 0 Å². The molecule has 0 saturated carbocycles. The van der Waals surface area contributed by atoms with E-state index in [0.29, 0.717) is 6.42 Å². The quantitative estimate of drug-likeness (QED) is 0.628. The fraction of sp³-hybridized carbons (Fsp3) is 0.889. The molecule has 0 aromatic rings. The van der Waals surface area contributed by atoms with Gasteiger partial charge in [0.05, 0.1) is 0 Å². The van der Waals surface area contributed by atoms with Crippen LogP contribution in [0, 0.1) is 0 Å². The number of hydrogen-bond acceptors (Lipinski definition) is 2. The van der Waals surface area contributed by atoms with Gasteiger partial charge in [-0.05, 0) is 19.9 Å². The Morgan fingerprint density at radius 3 is 2.33 bits per heavy atom. The second-order valence-corrected chi connectivity index (χ2v) is 3.28. The Balaban J connectivity index is 4.23. The van der Waals surface area contributed by atoms with Gasteiger partial charge in [-0.3, -0.25) is 4.79 Å². The smallest absolute Gasteiger partial charge is 0.219 e. The van der Waals surface area contributed by atoms with Gasteiger partial charge in [-0.1, -0.05) is 20.3 Å². The molecule has 3 nitrogen and oxygen atoms in total. The Morgan fingerprint density at radius 1 is 1.50 bits per heavy atom. The Labute approximate surface area is 74.7 Å². The van der Waals surface area contributed by atoms with E-state index >= 15 is 0 Å². The molecule has 0 aliphatic carbocycles. The Morgan fingerprint density at radius 2 is 2.08 bits per heavy atom. The lowest BCUT2D eigenvalue weighted by Gasteiger charge is -2.31. The van der Waals surface area contributed by atoms with E-state index in [1.54, 1.807) is 0 Å². The summed E-state index contributed by atoms with van der Waals surface area (Å²) < 4.78 is 0. The van der Waals surface area contributed by atoms with E-state index < -0.39 is 0 Å². The zero-order valence-corrected chi connectivity index (χ0v) is 8.31. The number of amides is 1. The number of hydrogen-bond donors (Lipinski definition) is 2. The second kappa shape index (κ2) is 5.14. The van der Waals surface area contributed by atoms with Crippen molar-refractivity contribution in [2.45, 2.75) is 45.1 Å². The molecule has 0 saturated heterocycles. The largest absolute Gasteiger partial charge is 0.370 e. The van der Waals surface area contributed by atoms with Crippen molar-refractivity contribution in [1.29, 1.82) is 0 Å². The average molecular weight is 172 g/mol. The van der Waals surface area contributed by atoms with E-state index in [0.717, 1.165) is 19.3 Å². The van der Waals surface area contributed by atoms with Crippen LogP contribution in [-0.2, 0) is 4.79 Å². The minimum absolute atomic E-state index is 0.0689. The lowest BCUT2D eigenvalue weighted by atomic mass is 9.87. The van der Waals surface area contributed by atoms with Gasteiger partial charge < -0.3 is 11.1 Å². The third-order valence-corrected chi connectivity index (χ3v) is 2.45. The highest BCUT2D eigenvalue weighted by atomic mass is 16.1. The summed E-state index contributed by atoms with van der Waals surface area (Å²) in [5.41, 5.74) is 5.11. The lowest BCUT2D eigenvalue weighted by molar-refractivity contribution is -0.119. The second-order valence-electron chi connectivity index (χ2n) is 3.28. The molecule has 1 atom stereocenters. The average Bonchev–Trinajstić information content (AvgIpc) is 2.03. The number of rotatable bonds is 6. The summed E-state index contributed by atoms with van der Waals surface area (Å²) in [4.78, 5) is 10.8. The number of carbonyl (C=O) groups is 1. The zero-order chi connectivity index (χ0) is 9.61. The van der Waals surface area contributed by atoms with Gasteiger partial charge in [-0.25, -0.2) is 0 Å². The molecular formula is C9H20N2O. The molecule has 0 spiro atoms. The van der Waals surface area contributed by atoms with Crippen molar-refractivity contribution in [3.05, 3.63) is 0 Å². The molecule has 3 N–H and O–H groups in total. The maximum absolute atomic E-state index is 10.8. The van der Waals surface area contributed by atoms with Crippen LogP contribution in [0.5, 0.6) is 0 Å². The third-order valence-electron chi connectivity index (χ3n) is 2.45. The summed E-state index contributed by atoms with van der Waals surface area (Å²) in [6.07, 6.45) is 3.46. The summed E-state index contributed by atoms with van der Waals surface area (Å²) >= 11 is 0. The first-order valence-electron chi connectivity index (χ1n) is 4.57. The first-order valence-corrected chi connectivity index (χ1v) is 4.57. The van der Waals surface area contributed by atoms with Gasteiger partial charge >= 0.3 is 0 Å². The SMILES string of the molecule is CCCC(CC)(CC(N)=O)NC. The number of nitrogens with one attached hydrogen (secondary N) is 1. The van der Waals surface area contributed by atoms with E-state index in [1.807, 2.05) is 7.05 Å². The maximum Gasteiger partial charge on any atom is 0.219 e. The third kappa shape index (κ3) is 3.22. The predicted octanol–water partition coefficient (Wildman–Crippen LogP) is 1.03. The standard InChI is InChI=1S/C9H20N2O/c1-4-6-9(5-2,11-3)7-8(10)12/h11H,4-7H2,1-3H3,(H2,10,12). The molecule has 0 radical (unpaired) electrons. The van der Waals surface area contributed by atoms with Gasteiger partial charge in [0.25, 0.3) is 0 Å². The van der Waals surface area contributed by atoms with Gasteiger partial charge in [0.1, 0.15) is 0 Å². The van der Waals surface area contributed by atoms with E-state index in [4.69, 9.17) is 5.73 Å². The topological polar surface area (TPSA) is 55.1 Å². The Hall–Kier alpha value is -0.570. The summed E-state index contributed by atoms with van der Waals surface area (Å²) in [6.45, 7) is 4.19. The van der Waals surface area contributed by atoms with E-state index in [-0.39, 0.29) is 11.4 Å². The summed E-state index contributed by atoms with van der Waals surface area (Å²) in [5, 5.41) is 3.20.